The van der Waals surface area contributed by atoms with Crippen molar-refractivity contribution in [2.24, 2.45) is 0 Å². The molecule has 3 aromatic rings. The molecule has 0 unspecified atom stereocenters. The molecule has 2 aliphatic rings. The highest BCUT2D eigenvalue weighted by atomic mass is 16.7. The lowest BCUT2D eigenvalue weighted by molar-refractivity contribution is -0.135. The summed E-state index contributed by atoms with van der Waals surface area (Å²) in [4.78, 5) is 14.2. The molecule has 0 radical (unpaired) electrons. The van der Waals surface area contributed by atoms with Gasteiger partial charge in [-0.15, -0.1) is 0 Å². The third kappa shape index (κ3) is 4.16. The van der Waals surface area contributed by atoms with Crippen molar-refractivity contribution < 1.29 is 23.7 Å². The lowest BCUT2D eigenvalue weighted by Gasteiger charge is -2.26. The molecule has 0 N–H and O–H groups in total. The van der Waals surface area contributed by atoms with E-state index in [9.17, 15) is 4.79 Å². The van der Waals surface area contributed by atoms with E-state index in [1.807, 2.05) is 41.3 Å². The maximum Gasteiger partial charge on any atom is 0.231 e. The molecule has 2 heterocycles. The molecule has 0 bridgehead atoms. The first kappa shape index (κ1) is 19.7. The van der Waals surface area contributed by atoms with Crippen molar-refractivity contribution in [1.29, 1.82) is 0 Å². The number of nitrogens with zero attached hydrogens (tertiary/aromatic N) is 1. The average Bonchev–Trinajstić information content (AvgIpc) is 3.30. The Morgan fingerprint density at radius 2 is 1.74 bits per heavy atom. The Labute approximate surface area is 181 Å². The molecule has 0 aromatic heterocycles. The summed E-state index contributed by atoms with van der Waals surface area (Å²) in [5.41, 5.74) is 2.19. The molecule has 1 fully saturated rings. The van der Waals surface area contributed by atoms with Crippen LogP contribution in [0.4, 0.5) is 0 Å². The van der Waals surface area contributed by atoms with Crippen molar-refractivity contribution in [2.75, 3.05) is 39.7 Å². The van der Waals surface area contributed by atoms with Crippen LogP contribution in [-0.2, 0) is 9.53 Å². The molecule has 5 rings (SSSR count). The highest BCUT2D eigenvalue weighted by molar-refractivity contribution is 6.00. The number of amides is 1. The van der Waals surface area contributed by atoms with Crippen LogP contribution in [0.15, 0.2) is 54.6 Å². The molecule has 160 valence electrons. The van der Waals surface area contributed by atoms with E-state index in [1.165, 1.54) is 0 Å². The van der Waals surface area contributed by atoms with E-state index in [0.29, 0.717) is 45.8 Å². The monoisotopic (exact) mass is 419 g/mol. The van der Waals surface area contributed by atoms with Crippen LogP contribution in [0.3, 0.4) is 0 Å². The van der Waals surface area contributed by atoms with E-state index in [0.717, 1.165) is 39.1 Å². The van der Waals surface area contributed by atoms with Crippen LogP contribution in [-0.4, -0.2) is 50.5 Å². The summed E-state index contributed by atoms with van der Waals surface area (Å²) in [6.07, 6.45) is 1.18. The van der Waals surface area contributed by atoms with Gasteiger partial charge in [-0.2, -0.15) is 0 Å². The van der Waals surface area contributed by atoms with E-state index >= 15 is 0 Å². The Hall–Kier alpha value is -3.25. The van der Waals surface area contributed by atoms with Gasteiger partial charge in [-0.3, -0.25) is 4.79 Å². The summed E-state index contributed by atoms with van der Waals surface area (Å²) in [6, 6.07) is 18.3. The molecule has 6 heteroatoms. The Balaban J connectivity index is 1.29. The number of morpholine rings is 1. The number of rotatable bonds is 6. The number of hydrogen-bond acceptors (Lipinski definition) is 5. The minimum Gasteiger partial charge on any atom is -0.493 e. The second-order valence-corrected chi connectivity index (χ2v) is 7.67. The Morgan fingerprint density at radius 3 is 2.61 bits per heavy atom. The smallest absolute Gasteiger partial charge is 0.231 e. The third-order valence-electron chi connectivity index (χ3n) is 5.72. The molecule has 0 spiro atoms. The predicted octanol–water partition coefficient (Wildman–Crippen LogP) is 4.25. The standard InChI is InChI=1S/C25H25NO5/c27-25(26-11-14-28-15-12-26)6-3-13-29-22-10-8-19(20-4-1-2-5-21(20)22)18-7-9-23-24(16-18)31-17-30-23/h1-2,4-5,7-10,16H,3,6,11-15,17H2. The molecule has 31 heavy (non-hydrogen) atoms. The molecule has 0 atom stereocenters. The summed E-state index contributed by atoms with van der Waals surface area (Å²) < 4.78 is 22.4. The second-order valence-electron chi connectivity index (χ2n) is 7.67. The summed E-state index contributed by atoms with van der Waals surface area (Å²) in [5.74, 6) is 2.56. The van der Waals surface area contributed by atoms with Gasteiger partial charge in [0.1, 0.15) is 5.75 Å². The Kier molecular flexibility index (Phi) is 5.63. The summed E-state index contributed by atoms with van der Waals surface area (Å²) in [6.45, 7) is 3.40. The highest BCUT2D eigenvalue weighted by Gasteiger charge is 2.17. The van der Waals surface area contributed by atoms with Crippen LogP contribution in [0.1, 0.15) is 12.8 Å². The lowest BCUT2D eigenvalue weighted by Crippen LogP contribution is -2.40. The summed E-state index contributed by atoms with van der Waals surface area (Å²) in [5, 5.41) is 2.17. The minimum atomic E-state index is 0.176. The quantitative estimate of drug-likeness (QED) is 0.559. The van der Waals surface area contributed by atoms with Gasteiger partial charge in [-0.05, 0) is 41.1 Å². The SMILES string of the molecule is O=C(CCCOc1ccc(-c2ccc3c(c2)OCO3)c2ccccc12)N1CCOCC1. The van der Waals surface area contributed by atoms with Gasteiger partial charge in [0.05, 0.1) is 19.8 Å². The molecular formula is C25H25NO5. The van der Waals surface area contributed by atoms with E-state index in [-0.39, 0.29) is 12.7 Å². The number of fused-ring (bicyclic) bond motifs is 2. The van der Waals surface area contributed by atoms with Crippen molar-refractivity contribution in [3.8, 4) is 28.4 Å². The van der Waals surface area contributed by atoms with Crippen LogP contribution in [0.2, 0.25) is 0 Å². The van der Waals surface area contributed by atoms with Gasteiger partial charge >= 0.3 is 0 Å². The van der Waals surface area contributed by atoms with Gasteiger partial charge in [0.2, 0.25) is 12.7 Å². The van der Waals surface area contributed by atoms with Crippen LogP contribution < -0.4 is 14.2 Å². The molecule has 1 amide bonds. The summed E-state index contributed by atoms with van der Waals surface area (Å²) in [7, 11) is 0. The zero-order valence-electron chi connectivity index (χ0n) is 17.3. The first-order valence-electron chi connectivity index (χ1n) is 10.7. The van der Waals surface area contributed by atoms with E-state index in [4.69, 9.17) is 18.9 Å². The van der Waals surface area contributed by atoms with Crippen LogP contribution in [0.5, 0.6) is 17.2 Å². The molecule has 0 saturated carbocycles. The topological polar surface area (TPSA) is 57.2 Å². The fourth-order valence-electron chi connectivity index (χ4n) is 4.09. The van der Waals surface area contributed by atoms with Crippen molar-refractivity contribution >= 4 is 16.7 Å². The van der Waals surface area contributed by atoms with E-state index in [1.54, 1.807) is 0 Å². The number of carbonyl (C=O) groups excluding carboxylic acids is 1. The third-order valence-corrected chi connectivity index (χ3v) is 5.72. The minimum absolute atomic E-state index is 0.176. The fourth-order valence-corrected chi connectivity index (χ4v) is 4.09. The molecule has 2 aliphatic heterocycles. The van der Waals surface area contributed by atoms with Gasteiger partial charge in [-0.1, -0.05) is 36.4 Å². The van der Waals surface area contributed by atoms with Gasteiger partial charge < -0.3 is 23.8 Å². The molecule has 6 nitrogen and oxygen atoms in total. The maximum atomic E-state index is 12.3. The lowest BCUT2D eigenvalue weighted by atomic mass is 9.97. The average molecular weight is 419 g/mol. The van der Waals surface area contributed by atoms with Gasteiger partial charge in [0, 0.05) is 24.9 Å². The van der Waals surface area contributed by atoms with Crippen molar-refractivity contribution in [3.05, 3.63) is 54.6 Å². The largest absolute Gasteiger partial charge is 0.493 e. The number of hydrogen-bond donors (Lipinski definition) is 0. The number of benzene rings is 3. The zero-order chi connectivity index (χ0) is 21.0. The van der Waals surface area contributed by atoms with Crippen molar-refractivity contribution in [3.63, 3.8) is 0 Å². The maximum absolute atomic E-state index is 12.3. The predicted molar refractivity (Wildman–Crippen MR) is 118 cm³/mol. The van der Waals surface area contributed by atoms with E-state index < -0.39 is 0 Å². The molecule has 3 aromatic carbocycles. The molecular weight excluding hydrogens is 394 g/mol. The normalized spacial score (nSPS) is 15.3. The van der Waals surface area contributed by atoms with E-state index in [2.05, 4.69) is 18.2 Å². The number of carbonyl (C=O) groups is 1. The number of ether oxygens (including phenoxy) is 4. The van der Waals surface area contributed by atoms with Crippen LogP contribution in [0, 0.1) is 0 Å². The first-order chi connectivity index (χ1) is 15.3. The van der Waals surface area contributed by atoms with Crippen LogP contribution >= 0.6 is 0 Å². The first-order valence-corrected chi connectivity index (χ1v) is 10.7. The van der Waals surface area contributed by atoms with Gasteiger partial charge in [0.15, 0.2) is 11.5 Å². The second kappa shape index (κ2) is 8.86. The fraction of sp³-hybridized carbons (Fsp3) is 0.320. The van der Waals surface area contributed by atoms with Crippen LogP contribution in [0.25, 0.3) is 21.9 Å². The summed E-state index contributed by atoms with van der Waals surface area (Å²) >= 11 is 0. The zero-order valence-corrected chi connectivity index (χ0v) is 17.3. The highest BCUT2D eigenvalue weighted by Crippen LogP contribution is 2.39. The van der Waals surface area contributed by atoms with Gasteiger partial charge in [0.25, 0.3) is 0 Å². The van der Waals surface area contributed by atoms with Gasteiger partial charge in [-0.25, -0.2) is 0 Å². The Morgan fingerprint density at radius 1 is 0.935 bits per heavy atom. The van der Waals surface area contributed by atoms with Crippen molar-refractivity contribution in [1.82, 2.24) is 4.90 Å². The molecule has 0 aliphatic carbocycles. The Bertz CT molecular complexity index is 1090. The molecule has 1 saturated heterocycles. The van der Waals surface area contributed by atoms with Crippen molar-refractivity contribution in [2.45, 2.75) is 12.8 Å².